The Bertz CT molecular complexity index is 134. The SMILES string of the molecule is CC(O)OC(=O)OC(C)(C)C. The second-order valence-corrected chi connectivity index (χ2v) is 3.18. The lowest BCUT2D eigenvalue weighted by molar-refractivity contribution is -0.0887. The van der Waals surface area contributed by atoms with E-state index in [1.807, 2.05) is 0 Å². The van der Waals surface area contributed by atoms with Gasteiger partial charge in [-0.1, -0.05) is 0 Å². The first kappa shape index (κ1) is 10.2. The molecule has 0 aromatic rings. The van der Waals surface area contributed by atoms with Crippen molar-refractivity contribution in [2.45, 2.75) is 39.6 Å². The summed E-state index contributed by atoms with van der Waals surface area (Å²) in [6.45, 7) is 6.49. The van der Waals surface area contributed by atoms with Crippen LogP contribution < -0.4 is 0 Å². The molecule has 0 saturated carbocycles. The first-order chi connectivity index (χ1) is 4.81. The van der Waals surface area contributed by atoms with Crippen LogP contribution in [-0.2, 0) is 9.47 Å². The lowest BCUT2D eigenvalue weighted by Gasteiger charge is -2.19. The van der Waals surface area contributed by atoms with Crippen molar-refractivity contribution in [1.82, 2.24) is 0 Å². The summed E-state index contributed by atoms with van der Waals surface area (Å²) in [5.74, 6) is 0. The van der Waals surface area contributed by atoms with Crippen molar-refractivity contribution in [2.24, 2.45) is 0 Å². The average Bonchev–Trinajstić information content (AvgIpc) is 1.53. The number of carbonyl (C=O) groups is 1. The van der Waals surface area contributed by atoms with Crippen molar-refractivity contribution in [1.29, 1.82) is 0 Å². The summed E-state index contributed by atoms with van der Waals surface area (Å²) in [5, 5.41) is 8.60. The summed E-state index contributed by atoms with van der Waals surface area (Å²) in [6, 6.07) is 0. The minimum Gasteiger partial charge on any atom is -0.429 e. The van der Waals surface area contributed by atoms with E-state index >= 15 is 0 Å². The Balaban J connectivity index is 3.71. The molecule has 66 valence electrons. The van der Waals surface area contributed by atoms with Crippen LogP contribution in [0.1, 0.15) is 27.7 Å². The fourth-order valence-corrected chi connectivity index (χ4v) is 0.413. The van der Waals surface area contributed by atoms with Crippen LogP contribution in [0.25, 0.3) is 0 Å². The summed E-state index contributed by atoms with van der Waals surface area (Å²) < 4.78 is 9.05. The number of aliphatic hydroxyl groups excluding tert-OH is 1. The van der Waals surface area contributed by atoms with E-state index in [4.69, 9.17) is 9.84 Å². The van der Waals surface area contributed by atoms with Crippen LogP contribution >= 0.6 is 0 Å². The van der Waals surface area contributed by atoms with Gasteiger partial charge in [-0.15, -0.1) is 0 Å². The fraction of sp³-hybridized carbons (Fsp3) is 0.857. The van der Waals surface area contributed by atoms with Gasteiger partial charge in [-0.3, -0.25) is 0 Å². The molecule has 0 saturated heterocycles. The van der Waals surface area contributed by atoms with Crippen LogP contribution in [-0.4, -0.2) is 23.2 Å². The maximum atomic E-state index is 10.7. The van der Waals surface area contributed by atoms with E-state index in [0.29, 0.717) is 0 Å². The second kappa shape index (κ2) is 3.57. The Labute approximate surface area is 66.1 Å². The third-order valence-electron chi connectivity index (χ3n) is 0.656. The predicted molar refractivity (Wildman–Crippen MR) is 39.0 cm³/mol. The Kier molecular flexibility index (Phi) is 3.32. The van der Waals surface area contributed by atoms with E-state index in [-0.39, 0.29) is 0 Å². The third kappa shape index (κ3) is 7.12. The molecule has 0 rings (SSSR count). The molecule has 0 bridgehead atoms. The molecule has 0 fully saturated rings. The van der Waals surface area contributed by atoms with Gasteiger partial charge in [0.1, 0.15) is 5.60 Å². The standard InChI is InChI=1S/C7H14O4/c1-5(8)10-6(9)11-7(2,3)4/h5,8H,1-4H3. The highest BCUT2D eigenvalue weighted by molar-refractivity contribution is 5.60. The number of aliphatic hydroxyl groups is 1. The Morgan fingerprint density at radius 3 is 2.18 bits per heavy atom. The topological polar surface area (TPSA) is 55.8 Å². The minimum atomic E-state index is -1.12. The molecule has 0 aliphatic rings. The summed E-state index contributed by atoms with van der Waals surface area (Å²) in [6.07, 6.45) is -1.97. The molecule has 0 radical (unpaired) electrons. The van der Waals surface area contributed by atoms with E-state index < -0.39 is 18.0 Å². The minimum absolute atomic E-state index is 0.577. The van der Waals surface area contributed by atoms with Gasteiger partial charge >= 0.3 is 6.16 Å². The maximum absolute atomic E-state index is 10.7. The summed E-state index contributed by atoms with van der Waals surface area (Å²) in [4.78, 5) is 10.7. The van der Waals surface area contributed by atoms with E-state index in [9.17, 15) is 4.79 Å². The number of rotatable bonds is 1. The van der Waals surface area contributed by atoms with Crippen LogP contribution in [0.5, 0.6) is 0 Å². The largest absolute Gasteiger partial charge is 0.511 e. The van der Waals surface area contributed by atoms with Crippen molar-refractivity contribution >= 4 is 6.16 Å². The van der Waals surface area contributed by atoms with Gasteiger partial charge in [0.05, 0.1) is 0 Å². The summed E-state index contributed by atoms with van der Waals surface area (Å²) in [7, 11) is 0. The van der Waals surface area contributed by atoms with Crippen LogP contribution in [0, 0.1) is 0 Å². The molecular weight excluding hydrogens is 148 g/mol. The molecule has 0 aliphatic heterocycles. The zero-order chi connectivity index (χ0) is 9.07. The van der Waals surface area contributed by atoms with Crippen LogP contribution in [0.4, 0.5) is 4.79 Å². The third-order valence-corrected chi connectivity index (χ3v) is 0.656. The molecule has 0 amide bonds. The molecule has 1 atom stereocenters. The molecular formula is C7H14O4. The molecule has 0 aromatic heterocycles. The Morgan fingerprint density at radius 2 is 1.91 bits per heavy atom. The highest BCUT2D eigenvalue weighted by atomic mass is 16.8. The van der Waals surface area contributed by atoms with Gasteiger partial charge in [0, 0.05) is 0 Å². The summed E-state index contributed by atoms with van der Waals surface area (Å²) in [5.41, 5.74) is -0.577. The monoisotopic (exact) mass is 162 g/mol. The smallest absolute Gasteiger partial charge is 0.429 e. The van der Waals surface area contributed by atoms with Crippen molar-refractivity contribution < 1.29 is 19.4 Å². The Hall–Kier alpha value is -0.770. The van der Waals surface area contributed by atoms with Crippen molar-refractivity contribution in [3.05, 3.63) is 0 Å². The molecule has 4 nitrogen and oxygen atoms in total. The zero-order valence-electron chi connectivity index (χ0n) is 7.25. The number of carbonyl (C=O) groups excluding carboxylic acids is 1. The molecule has 11 heavy (non-hydrogen) atoms. The van der Waals surface area contributed by atoms with E-state index in [1.165, 1.54) is 6.92 Å². The normalized spacial score (nSPS) is 13.9. The number of ether oxygens (including phenoxy) is 2. The first-order valence-corrected chi connectivity index (χ1v) is 3.39. The molecule has 0 aromatic carbocycles. The van der Waals surface area contributed by atoms with E-state index in [1.54, 1.807) is 20.8 Å². The lowest BCUT2D eigenvalue weighted by Crippen LogP contribution is -2.26. The molecule has 0 spiro atoms. The van der Waals surface area contributed by atoms with Crippen LogP contribution in [0.2, 0.25) is 0 Å². The highest BCUT2D eigenvalue weighted by Gasteiger charge is 2.18. The Morgan fingerprint density at radius 1 is 1.45 bits per heavy atom. The van der Waals surface area contributed by atoms with Crippen LogP contribution in [0.15, 0.2) is 0 Å². The van der Waals surface area contributed by atoms with Gasteiger partial charge in [-0.05, 0) is 27.7 Å². The van der Waals surface area contributed by atoms with Gasteiger partial charge in [0.25, 0.3) is 0 Å². The first-order valence-electron chi connectivity index (χ1n) is 3.39. The van der Waals surface area contributed by atoms with Crippen molar-refractivity contribution in [2.75, 3.05) is 0 Å². The number of hydrogen-bond donors (Lipinski definition) is 1. The molecule has 1 N–H and O–H groups in total. The predicted octanol–water partition coefficient (Wildman–Crippen LogP) is 1.28. The average molecular weight is 162 g/mol. The van der Waals surface area contributed by atoms with Gasteiger partial charge in [-0.25, -0.2) is 4.79 Å². The molecule has 1 unspecified atom stereocenters. The van der Waals surface area contributed by atoms with E-state index in [2.05, 4.69) is 4.74 Å². The summed E-state index contributed by atoms with van der Waals surface area (Å²) >= 11 is 0. The van der Waals surface area contributed by atoms with Crippen LogP contribution in [0.3, 0.4) is 0 Å². The number of hydrogen-bond acceptors (Lipinski definition) is 4. The quantitative estimate of drug-likeness (QED) is 0.466. The van der Waals surface area contributed by atoms with Gasteiger partial charge in [0.2, 0.25) is 6.29 Å². The van der Waals surface area contributed by atoms with Gasteiger partial charge < -0.3 is 14.6 Å². The van der Waals surface area contributed by atoms with Crippen molar-refractivity contribution in [3.63, 3.8) is 0 Å². The van der Waals surface area contributed by atoms with Gasteiger partial charge in [0.15, 0.2) is 0 Å². The van der Waals surface area contributed by atoms with E-state index in [0.717, 1.165) is 0 Å². The molecule has 0 heterocycles. The zero-order valence-corrected chi connectivity index (χ0v) is 7.25. The highest BCUT2D eigenvalue weighted by Crippen LogP contribution is 2.08. The van der Waals surface area contributed by atoms with Gasteiger partial charge in [-0.2, -0.15) is 0 Å². The second-order valence-electron chi connectivity index (χ2n) is 3.18. The molecule has 0 aliphatic carbocycles. The van der Waals surface area contributed by atoms with Crippen molar-refractivity contribution in [3.8, 4) is 0 Å². The molecule has 4 heteroatoms. The fourth-order valence-electron chi connectivity index (χ4n) is 0.413. The maximum Gasteiger partial charge on any atom is 0.511 e. The lowest BCUT2D eigenvalue weighted by atomic mass is 10.2.